The third kappa shape index (κ3) is 4.36. The highest BCUT2D eigenvalue weighted by Gasteiger charge is 2.27. The Morgan fingerprint density at radius 1 is 0.893 bits per heavy atom. The van der Waals surface area contributed by atoms with Crippen LogP contribution in [0.4, 0.5) is 5.69 Å². The summed E-state index contributed by atoms with van der Waals surface area (Å²) in [6.07, 6.45) is 0. The van der Waals surface area contributed by atoms with Gasteiger partial charge >= 0.3 is 11.8 Å². The van der Waals surface area contributed by atoms with Gasteiger partial charge < -0.3 is 24.6 Å². The number of piperazine rings is 1. The molecular formula is C21H25N3O4. The number of anilines is 1. The second kappa shape index (κ2) is 9.12. The molecule has 2 aromatic rings. The second-order valence-electron chi connectivity index (χ2n) is 6.45. The van der Waals surface area contributed by atoms with E-state index < -0.39 is 11.8 Å². The summed E-state index contributed by atoms with van der Waals surface area (Å²) < 4.78 is 10.7. The van der Waals surface area contributed by atoms with Crippen LogP contribution in [0, 0.1) is 0 Å². The van der Waals surface area contributed by atoms with Crippen molar-refractivity contribution in [2.45, 2.75) is 6.54 Å². The van der Waals surface area contributed by atoms with Gasteiger partial charge in [0, 0.05) is 38.3 Å². The number of carbonyl (C=O) groups is 2. The molecule has 0 aliphatic carbocycles. The van der Waals surface area contributed by atoms with Crippen molar-refractivity contribution in [2.75, 3.05) is 45.3 Å². The summed E-state index contributed by atoms with van der Waals surface area (Å²) in [5, 5.41) is 2.69. The summed E-state index contributed by atoms with van der Waals surface area (Å²) in [5.41, 5.74) is 1.82. The Morgan fingerprint density at radius 3 is 2.18 bits per heavy atom. The van der Waals surface area contributed by atoms with E-state index in [2.05, 4.69) is 10.2 Å². The van der Waals surface area contributed by atoms with Crippen molar-refractivity contribution >= 4 is 17.5 Å². The molecule has 28 heavy (non-hydrogen) atoms. The smallest absolute Gasteiger partial charge is 0.312 e. The Kier molecular flexibility index (Phi) is 6.37. The number of nitrogens with zero attached hydrogens (tertiary/aromatic N) is 2. The number of carbonyl (C=O) groups excluding carboxylic acids is 2. The van der Waals surface area contributed by atoms with Crippen LogP contribution in [-0.4, -0.2) is 57.1 Å². The second-order valence-corrected chi connectivity index (χ2v) is 6.45. The van der Waals surface area contributed by atoms with E-state index in [1.165, 1.54) is 0 Å². The van der Waals surface area contributed by atoms with Crippen molar-refractivity contribution in [3.05, 3.63) is 54.1 Å². The minimum absolute atomic E-state index is 0.246. The van der Waals surface area contributed by atoms with Crippen LogP contribution < -0.4 is 19.7 Å². The minimum Gasteiger partial charge on any atom is -0.496 e. The van der Waals surface area contributed by atoms with Crippen LogP contribution >= 0.6 is 0 Å². The maximum atomic E-state index is 12.5. The van der Waals surface area contributed by atoms with Gasteiger partial charge in [0.15, 0.2) is 0 Å². The summed E-state index contributed by atoms with van der Waals surface area (Å²) >= 11 is 0. The molecule has 1 aliphatic rings. The van der Waals surface area contributed by atoms with Gasteiger partial charge in [0.25, 0.3) is 0 Å². The Morgan fingerprint density at radius 2 is 1.50 bits per heavy atom. The van der Waals surface area contributed by atoms with Crippen LogP contribution in [-0.2, 0) is 16.1 Å². The van der Waals surface area contributed by atoms with E-state index in [4.69, 9.17) is 9.47 Å². The molecule has 7 nitrogen and oxygen atoms in total. The first-order chi connectivity index (χ1) is 13.6. The Labute approximate surface area is 164 Å². The van der Waals surface area contributed by atoms with Crippen molar-refractivity contribution in [3.63, 3.8) is 0 Å². The number of amides is 2. The lowest BCUT2D eigenvalue weighted by Gasteiger charge is -2.36. The normalized spacial score (nSPS) is 13.8. The number of hydrogen-bond donors (Lipinski definition) is 1. The number of nitrogens with one attached hydrogen (secondary N) is 1. The molecule has 148 valence electrons. The number of para-hydroxylation sites is 3. The van der Waals surface area contributed by atoms with Crippen LogP contribution in [0.25, 0.3) is 0 Å². The SMILES string of the molecule is COc1ccccc1CNC(=O)C(=O)N1CCN(c2ccccc2OC)CC1. The zero-order valence-corrected chi connectivity index (χ0v) is 16.2. The predicted octanol–water partition coefficient (Wildman–Crippen LogP) is 1.67. The van der Waals surface area contributed by atoms with E-state index in [0.29, 0.717) is 31.9 Å². The third-order valence-electron chi connectivity index (χ3n) is 4.82. The van der Waals surface area contributed by atoms with E-state index in [1.807, 2.05) is 48.5 Å². The van der Waals surface area contributed by atoms with Gasteiger partial charge in [-0.15, -0.1) is 0 Å². The minimum atomic E-state index is -0.600. The lowest BCUT2D eigenvalue weighted by Crippen LogP contribution is -2.52. The lowest BCUT2D eigenvalue weighted by atomic mass is 10.2. The fraction of sp³-hybridized carbons (Fsp3) is 0.333. The van der Waals surface area contributed by atoms with Gasteiger partial charge in [-0.25, -0.2) is 0 Å². The van der Waals surface area contributed by atoms with E-state index in [9.17, 15) is 9.59 Å². The van der Waals surface area contributed by atoms with Crippen LogP contribution in [0.3, 0.4) is 0 Å². The number of ether oxygens (including phenoxy) is 2. The van der Waals surface area contributed by atoms with Crippen LogP contribution in [0.15, 0.2) is 48.5 Å². The van der Waals surface area contributed by atoms with Crippen molar-refractivity contribution in [2.24, 2.45) is 0 Å². The number of benzene rings is 2. The molecule has 1 heterocycles. The van der Waals surface area contributed by atoms with Crippen LogP contribution in [0.5, 0.6) is 11.5 Å². The maximum absolute atomic E-state index is 12.5. The Balaban J connectivity index is 1.54. The fourth-order valence-electron chi connectivity index (χ4n) is 3.29. The van der Waals surface area contributed by atoms with Gasteiger partial charge in [-0.3, -0.25) is 9.59 Å². The van der Waals surface area contributed by atoms with Crippen LogP contribution in [0.1, 0.15) is 5.56 Å². The first kappa shape index (κ1) is 19.5. The number of hydrogen-bond acceptors (Lipinski definition) is 5. The average molecular weight is 383 g/mol. The molecule has 0 spiro atoms. The largest absolute Gasteiger partial charge is 0.496 e. The molecular weight excluding hydrogens is 358 g/mol. The standard InChI is InChI=1S/C21H25N3O4/c1-27-18-9-5-3-7-16(18)15-22-20(25)21(26)24-13-11-23(12-14-24)17-8-4-6-10-19(17)28-2/h3-10H,11-15H2,1-2H3,(H,22,25). The summed E-state index contributed by atoms with van der Waals surface area (Å²) in [6.45, 7) is 2.51. The molecule has 2 amide bonds. The quantitative estimate of drug-likeness (QED) is 0.796. The maximum Gasteiger partial charge on any atom is 0.312 e. The highest BCUT2D eigenvalue weighted by atomic mass is 16.5. The Bertz CT molecular complexity index is 832. The first-order valence-electron chi connectivity index (χ1n) is 9.21. The van der Waals surface area contributed by atoms with Gasteiger partial charge in [-0.1, -0.05) is 30.3 Å². The molecule has 1 saturated heterocycles. The van der Waals surface area contributed by atoms with E-state index >= 15 is 0 Å². The van der Waals surface area contributed by atoms with Crippen molar-refractivity contribution < 1.29 is 19.1 Å². The molecule has 2 aromatic carbocycles. The zero-order valence-electron chi connectivity index (χ0n) is 16.2. The fourth-order valence-corrected chi connectivity index (χ4v) is 3.29. The molecule has 1 N–H and O–H groups in total. The lowest BCUT2D eigenvalue weighted by molar-refractivity contribution is -0.146. The van der Waals surface area contributed by atoms with Crippen molar-refractivity contribution in [1.29, 1.82) is 0 Å². The summed E-state index contributed by atoms with van der Waals surface area (Å²) in [4.78, 5) is 28.5. The molecule has 0 aromatic heterocycles. The van der Waals surface area contributed by atoms with Gasteiger partial charge in [0.05, 0.1) is 19.9 Å². The molecule has 0 radical (unpaired) electrons. The topological polar surface area (TPSA) is 71.1 Å². The monoisotopic (exact) mass is 383 g/mol. The molecule has 1 fully saturated rings. The van der Waals surface area contributed by atoms with E-state index in [-0.39, 0.29) is 6.54 Å². The average Bonchev–Trinajstić information content (AvgIpc) is 2.77. The highest BCUT2D eigenvalue weighted by molar-refractivity contribution is 6.35. The molecule has 1 aliphatic heterocycles. The van der Waals surface area contributed by atoms with Crippen molar-refractivity contribution in [1.82, 2.24) is 10.2 Å². The summed E-state index contributed by atoms with van der Waals surface area (Å²) in [6, 6.07) is 15.2. The van der Waals surface area contributed by atoms with Crippen LogP contribution in [0.2, 0.25) is 0 Å². The summed E-state index contributed by atoms with van der Waals surface area (Å²) in [5.74, 6) is 0.378. The van der Waals surface area contributed by atoms with Gasteiger partial charge in [0.1, 0.15) is 11.5 Å². The van der Waals surface area contributed by atoms with Crippen molar-refractivity contribution in [3.8, 4) is 11.5 Å². The predicted molar refractivity (Wildman–Crippen MR) is 107 cm³/mol. The molecule has 0 unspecified atom stereocenters. The van der Waals surface area contributed by atoms with Gasteiger partial charge in [-0.2, -0.15) is 0 Å². The summed E-state index contributed by atoms with van der Waals surface area (Å²) in [7, 11) is 3.22. The molecule has 0 bridgehead atoms. The number of methoxy groups -OCH3 is 2. The third-order valence-corrected chi connectivity index (χ3v) is 4.82. The zero-order chi connectivity index (χ0) is 19.9. The highest BCUT2D eigenvalue weighted by Crippen LogP contribution is 2.28. The van der Waals surface area contributed by atoms with Gasteiger partial charge in [-0.05, 0) is 18.2 Å². The van der Waals surface area contributed by atoms with E-state index in [0.717, 1.165) is 17.0 Å². The Hall–Kier alpha value is -3.22. The number of rotatable bonds is 5. The molecule has 0 atom stereocenters. The molecule has 3 rings (SSSR count). The first-order valence-corrected chi connectivity index (χ1v) is 9.21. The van der Waals surface area contributed by atoms with E-state index in [1.54, 1.807) is 19.1 Å². The molecule has 7 heteroatoms. The molecule has 0 saturated carbocycles. The van der Waals surface area contributed by atoms with Gasteiger partial charge in [0.2, 0.25) is 0 Å².